The molecule has 2 amide bonds. The third-order valence-electron chi connectivity index (χ3n) is 3.99. The lowest BCUT2D eigenvalue weighted by atomic mass is 10.1. The van der Waals surface area contributed by atoms with E-state index in [1.54, 1.807) is 7.05 Å². The first-order valence-corrected chi connectivity index (χ1v) is 6.27. The van der Waals surface area contributed by atoms with Crippen molar-refractivity contribution in [3.63, 3.8) is 0 Å². The van der Waals surface area contributed by atoms with Crippen LogP contribution in [0.3, 0.4) is 0 Å². The maximum Gasteiger partial charge on any atom is 0.314 e. The van der Waals surface area contributed by atoms with Gasteiger partial charge in [-0.05, 0) is 0 Å². The van der Waals surface area contributed by atoms with Crippen LogP contribution in [0.15, 0.2) is 0 Å². The number of nitrogens with one attached hydrogen (secondary N) is 2. The second kappa shape index (κ2) is 5.01. The van der Waals surface area contributed by atoms with Gasteiger partial charge in [-0.1, -0.05) is 0 Å². The maximum absolute atomic E-state index is 11.0. The standard InChI is InChI=1S/C11H22N4O/c1-12-11(16)13-3-2-7-15-8-4-14(5-9-15)6-10-15/h2-10H2,1H3,(H-,12,13,16)/p+1. The third-order valence-corrected chi connectivity index (χ3v) is 3.99. The third kappa shape index (κ3) is 2.65. The molecule has 92 valence electrons. The largest absolute Gasteiger partial charge is 0.341 e. The van der Waals surface area contributed by atoms with E-state index in [9.17, 15) is 4.79 Å². The highest BCUT2D eigenvalue weighted by molar-refractivity contribution is 5.73. The molecule has 0 spiro atoms. The van der Waals surface area contributed by atoms with Crippen LogP contribution in [0.5, 0.6) is 0 Å². The van der Waals surface area contributed by atoms with Crippen LogP contribution in [0.25, 0.3) is 0 Å². The normalized spacial score (nSPS) is 32.4. The summed E-state index contributed by atoms with van der Waals surface area (Å²) in [6.45, 7) is 9.73. The van der Waals surface area contributed by atoms with Crippen molar-refractivity contribution in [2.45, 2.75) is 6.42 Å². The molecule has 0 saturated carbocycles. The van der Waals surface area contributed by atoms with Gasteiger partial charge in [0.25, 0.3) is 0 Å². The molecule has 16 heavy (non-hydrogen) atoms. The van der Waals surface area contributed by atoms with E-state index in [0.29, 0.717) is 0 Å². The van der Waals surface area contributed by atoms with Crippen LogP contribution in [0.4, 0.5) is 4.79 Å². The van der Waals surface area contributed by atoms with Crippen LogP contribution < -0.4 is 10.6 Å². The monoisotopic (exact) mass is 227 g/mol. The summed E-state index contributed by atoms with van der Waals surface area (Å²) in [5.41, 5.74) is 0. The van der Waals surface area contributed by atoms with Crippen molar-refractivity contribution in [1.29, 1.82) is 0 Å². The van der Waals surface area contributed by atoms with E-state index in [4.69, 9.17) is 0 Å². The predicted octanol–water partition coefficient (Wildman–Crippen LogP) is -0.548. The highest BCUT2D eigenvalue weighted by Gasteiger charge is 2.37. The lowest BCUT2D eigenvalue weighted by molar-refractivity contribution is -0.941. The number of urea groups is 1. The number of hydrogen-bond donors (Lipinski definition) is 2. The zero-order valence-corrected chi connectivity index (χ0v) is 10.2. The number of piperazine rings is 3. The van der Waals surface area contributed by atoms with E-state index in [1.807, 2.05) is 0 Å². The smallest absolute Gasteiger partial charge is 0.314 e. The Morgan fingerprint density at radius 3 is 2.44 bits per heavy atom. The number of nitrogens with zero attached hydrogens (tertiary/aromatic N) is 2. The van der Waals surface area contributed by atoms with E-state index in [2.05, 4.69) is 15.5 Å². The van der Waals surface area contributed by atoms with E-state index in [0.717, 1.165) is 13.0 Å². The molecule has 0 aliphatic carbocycles. The molecular weight excluding hydrogens is 204 g/mol. The van der Waals surface area contributed by atoms with Gasteiger partial charge in [-0.2, -0.15) is 0 Å². The fraction of sp³-hybridized carbons (Fsp3) is 0.909. The van der Waals surface area contributed by atoms with E-state index in [-0.39, 0.29) is 6.03 Å². The summed E-state index contributed by atoms with van der Waals surface area (Å²) in [5.74, 6) is 0. The maximum atomic E-state index is 11.0. The van der Waals surface area contributed by atoms with Gasteiger partial charge >= 0.3 is 6.03 Å². The van der Waals surface area contributed by atoms with Crippen LogP contribution in [-0.2, 0) is 0 Å². The summed E-state index contributed by atoms with van der Waals surface area (Å²) in [6.07, 6.45) is 1.09. The zero-order valence-electron chi connectivity index (χ0n) is 10.2. The fourth-order valence-electron chi connectivity index (χ4n) is 2.77. The molecule has 2 bridgehead atoms. The summed E-state index contributed by atoms with van der Waals surface area (Å²) in [4.78, 5) is 13.5. The van der Waals surface area contributed by atoms with Crippen LogP contribution >= 0.6 is 0 Å². The van der Waals surface area contributed by atoms with Crippen LogP contribution in [-0.4, -0.2) is 74.8 Å². The number of rotatable bonds is 4. The van der Waals surface area contributed by atoms with Gasteiger partial charge in [0, 0.05) is 39.6 Å². The Kier molecular flexibility index (Phi) is 3.66. The van der Waals surface area contributed by atoms with Crippen molar-refractivity contribution in [2.24, 2.45) is 0 Å². The topological polar surface area (TPSA) is 44.4 Å². The van der Waals surface area contributed by atoms with Crippen LogP contribution in [0, 0.1) is 0 Å². The van der Waals surface area contributed by atoms with Gasteiger partial charge < -0.3 is 15.1 Å². The number of carbonyl (C=O) groups excluding carboxylic acids is 1. The summed E-state index contributed by atoms with van der Waals surface area (Å²) < 4.78 is 1.28. The second-order valence-corrected chi connectivity index (χ2v) is 4.94. The molecule has 5 nitrogen and oxygen atoms in total. The fourth-order valence-corrected chi connectivity index (χ4v) is 2.77. The Labute approximate surface area is 97.4 Å². The number of fused-ring (bicyclic) bond motifs is 3. The van der Waals surface area contributed by atoms with E-state index in [1.165, 1.54) is 50.3 Å². The highest BCUT2D eigenvalue weighted by Crippen LogP contribution is 2.19. The molecular formula is C11H23N4O+. The molecule has 2 N–H and O–H groups in total. The second-order valence-electron chi connectivity index (χ2n) is 4.94. The molecule has 3 fully saturated rings. The lowest BCUT2D eigenvalue weighted by Gasteiger charge is -2.50. The van der Waals surface area contributed by atoms with Gasteiger partial charge in [0.15, 0.2) is 0 Å². The summed E-state index contributed by atoms with van der Waals surface area (Å²) in [6, 6.07) is -0.0662. The van der Waals surface area contributed by atoms with E-state index >= 15 is 0 Å². The molecule has 0 radical (unpaired) electrons. The Morgan fingerprint density at radius 1 is 1.25 bits per heavy atom. The molecule has 0 atom stereocenters. The number of quaternary nitrogens is 1. The first-order valence-electron chi connectivity index (χ1n) is 6.27. The highest BCUT2D eigenvalue weighted by atomic mass is 16.2. The minimum absolute atomic E-state index is 0.0662. The average molecular weight is 227 g/mol. The molecule has 0 aromatic heterocycles. The molecule has 0 aromatic rings. The van der Waals surface area contributed by atoms with Crippen LogP contribution in [0.1, 0.15) is 6.42 Å². The molecule has 3 aliphatic rings. The Balaban J connectivity index is 1.67. The van der Waals surface area contributed by atoms with Crippen molar-refractivity contribution >= 4 is 6.03 Å². The Hall–Kier alpha value is -0.810. The van der Waals surface area contributed by atoms with Crippen molar-refractivity contribution in [3.05, 3.63) is 0 Å². The Morgan fingerprint density at radius 2 is 1.88 bits per heavy atom. The molecule has 3 heterocycles. The average Bonchev–Trinajstić information content (AvgIpc) is 2.36. The van der Waals surface area contributed by atoms with Gasteiger partial charge in [-0.25, -0.2) is 4.79 Å². The zero-order chi connectivity index (χ0) is 11.4. The molecule has 3 saturated heterocycles. The van der Waals surface area contributed by atoms with Gasteiger partial charge in [0.05, 0.1) is 26.2 Å². The van der Waals surface area contributed by atoms with Crippen molar-refractivity contribution < 1.29 is 9.28 Å². The minimum Gasteiger partial charge on any atom is -0.341 e. The molecule has 3 aliphatic heterocycles. The van der Waals surface area contributed by atoms with Crippen molar-refractivity contribution in [1.82, 2.24) is 15.5 Å². The lowest BCUT2D eigenvalue weighted by Crippen LogP contribution is -2.67. The van der Waals surface area contributed by atoms with Gasteiger partial charge in [-0.3, -0.25) is 4.90 Å². The molecule has 3 rings (SSSR count). The van der Waals surface area contributed by atoms with Crippen molar-refractivity contribution in [3.8, 4) is 0 Å². The number of carbonyl (C=O) groups is 1. The first-order chi connectivity index (χ1) is 7.74. The summed E-state index contributed by atoms with van der Waals surface area (Å²) in [7, 11) is 1.65. The van der Waals surface area contributed by atoms with E-state index < -0.39 is 0 Å². The number of hydrogen-bond acceptors (Lipinski definition) is 2. The van der Waals surface area contributed by atoms with Crippen LogP contribution in [0.2, 0.25) is 0 Å². The van der Waals surface area contributed by atoms with Gasteiger partial charge in [0.1, 0.15) is 0 Å². The van der Waals surface area contributed by atoms with Gasteiger partial charge in [0.2, 0.25) is 0 Å². The first kappa shape index (κ1) is 11.7. The van der Waals surface area contributed by atoms with Crippen molar-refractivity contribution in [2.75, 3.05) is 59.4 Å². The molecule has 0 aromatic carbocycles. The van der Waals surface area contributed by atoms with Gasteiger partial charge in [-0.15, -0.1) is 0 Å². The summed E-state index contributed by atoms with van der Waals surface area (Å²) >= 11 is 0. The minimum atomic E-state index is -0.0662. The quantitative estimate of drug-likeness (QED) is 0.500. The SMILES string of the molecule is CNC(=O)NCCC[N+]12CCN(CC1)CC2. The summed E-state index contributed by atoms with van der Waals surface area (Å²) in [5, 5.41) is 5.43. The molecule has 5 heteroatoms. The Bertz CT molecular complexity index is 235. The predicted molar refractivity (Wildman–Crippen MR) is 63.2 cm³/mol. The number of amides is 2. The molecule has 0 unspecified atom stereocenters.